The van der Waals surface area contributed by atoms with E-state index in [1.807, 2.05) is 31.2 Å². The summed E-state index contributed by atoms with van der Waals surface area (Å²) in [5.74, 6) is -1.08. The smallest absolute Gasteiger partial charge is 0.258 e. The molecule has 0 aliphatic carbocycles. The summed E-state index contributed by atoms with van der Waals surface area (Å²) in [5.41, 5.74) is 2.27. The first kappa shape index (κ1) is 24.5. The lowest BCUT2D eigenvalue weighted by molar-refractivity contribution is 0.102. The quantitative estimate of drug-likeness (QED) is 0.424. The van der Waals surface area contributed by atoms with Crippen molar-refractivity contribution in [2.75, 3.05) is 24.7 Å². The Hall–Kier alpha value is -3.14. The Labute approximate surface area is 200 Å². The number of carbonyl (C=O) groups excluding carboxylic acids is 1. The molecule has 3 rings (SSSR count). The van der Waals surface area contributed by atoms with Gasteiger partial charge in [0.1, 0.15) is 16.8 Å². The summed E-state index contributed by atoms with van der Waals surface area (Å²) in [6.07, 6.45) is 0. The Morgan fingerprint density at radius 2 is 1.52 bits per heavy atom. The van der Waals surface area contributed by atoms with E-state index in [1.165, 1.54) is 18.2 Å². The molecule has 1 amide bonds. The Kier molecular flexibility index (Phi) is 8.26. The van der Waals surface area contributed by atoms with Gasteiger partial charge in [0.05, 0.1) is 16.5 Å². The first-order valence-corrected chi connectivity index (χ1v) is 11.7. The third kappa shape index (κ3) is 6.67. The van der Waals surface area contributed by atoms with Crippen LogP contribution in [0.2, 0.25) is 0 Å². The predicted octanol–water partition coefficient (Wildman–Crippen LogP) is 4.71. The third-order valence-electron chi connectivity index (χ3n) is 4.78. The summed E-state index contributed by atoms with van der Waals surface area (Å²) in [5, 5.41) is 9.42. The van der Waals surface area contributed by atoms with Crippen molar-refractivity contribution < 1.29 is 13.4 Å². The lowest BCUT2D eigenvalue weighted by atomic mass is 10.1. The molecule has 0 saturated carbocycles. The van der Waals surface area contributed by atoms with Crippen molar-refractivity contribution in [1.29, 1.82) is 0 Å². The van der Waals surface area contributed by atoms with Gasteiger partial charge in [0.15, 0.2) is 5.11 Å². The molecule has 0 fully saturated rings. The molecule has 3 aromatic rings. The van der Waals surface area contributed by atoms with Crippen molar-refractivity contribution >= 4 is 45.6 Å². The van der Waals surface area contributed by atoms with Crippen LogP contribution in [0.1, 0.15) is 28.9 Å². The standard InChI is InChI=1S/C24H25FN4O2S2/c1-16(17-8-14-20(15-9-17)33(31)29(2)3)26-24(32)28-19-12-10-18(11-13-19)27-23(30)21-6-4-5-7-22(21)25/h4-16H,1-3H3,(H,27,30)(H2,26,28,32). The van der Waals surface area contributed by atoms with Gasteiger partial charge in [-0.05, 0) is 87.3 Å². The molecule has 172 valence electrons. The third-order valence-corrected chi connectivity index (χ3v) is 6.34. The van der Waals surface area contributed by atoms with Crippen LogP contribution in [0.5, 0.6) is 0 Å². The number of carbonyl (C=O) groups is 1. The zero-order valence-corrected chi connectivity index (χ0v) is 20.1. The lowest BCUT2D eigenvalue weighted by Crippen LogP contribution is -2.30. The summed E-state index contributed by atoms with van der Waals surface area (Å²) in [6, 6.07) is 20.2. The van der Waals surface area contributed by atoms with Crippen LogP contribution in [0.25, 0.3) is 0 Å². The Bertz CT molecular complexity index is 1150. The van der Waals surface area contributed by atoms with Crippen LogP contribution in [0.4, 0.5) is 15.8 Å². The maximum atomic E-state index is 13.8. The molecule has 0 bridgehead atoms. The first-order chi connectivity index (χ1) is 15.7. The molecule has 33 heavy (non-hydrogen) atoms. The van der Waals surface area contributed by atoms with Gasteiger partial charge in [-0.25, -0.2) is 12.9 Å². The van der Waals surface area contributed by atoms with E-state index in [1.54, 1.807) is 48.7 Å². The Morgan fingerprint density at radius 3 is 2.09 bits per heavy atom. The number of hydrogen-bond acceptors (Lipinski definition) is 3. The number of halogens is 1. The van der Waals surface area contributed by atoms with Crippen molar-refractivity contribution in [3.8, 4) is 0 Å². The van der Waals surface area contributed by atoms with E-state index < -0.39 is 22.7 Å². The number of benzene rings is 3. The summed E-state index contributed by atoms with van der Waals surface area (Å²) in [7, 11) is 2.35. The molecule has 0 radical (unpaired) electrons. The fourth-order valence-corrected chi connectivity index (χ4v) is 4.10. The normalized spacial score (nSPS) is 12.6. The van der Waals surface area contributed by atoms with Gasteiger partial charge in [-0.15, -0.1) is 0 Å². The molecule has 6 nitrogen and oxygen atoms in total. The molecule has 0 aliphatic rings. The molecular weight excluding hydrogens is 459 g/mol. The minimum atomic E-state index is -1.18. The van der Waals surface area contributed by atoms with Gasteiger partial charge < -0.3 is 16.0 Å². The van der Waals surface area contributed by atoms with E-state index in [-0.39, 0.29) is 11.6 Å². The van der Waals surface area contributed by atoms with Crippen molar-refractivity contribution in [2.24, 2.45) is 0 Å². The van der Waals surface area contributed by atoms with Crippen LogP contribution in [-0.2, 0) is 11.0 Å². The second kappa shape index (κ2) is 11.1. The van der Waals surface area contributed by atoms with Crippen molar-refractivity contribution in [3.63, 3.8) is 0 Å². The predicted molar refractivity (Wildman–Crippen MR) is 135 cm³/mol. The number of anilines is 2. The molecule has 0 spiro atoms. The lowest BCUT2D eigenvalue weighted by Gasteiger charge is -2.18. The number of nitrogens with zero attached hydrogens (tertiary/aromatic N) is 1. The maximum Gasteiger partial charge on any atom is 0.258 e. The van der Waals surface area contributed by atoms with Crippen LogP contribution in [0.15, 0.2) is 77.7 Å². The SMILES string of the molecule is CC(NC(=S)Nc1ccc(NC(=O)c2ccccc2F)cc1)c1ccc(S(=O)N(C)C)cc1. The van der Waals surface area contributed by atoms with Gasteiger partial charge in [0.25, 0.3) is 5.91 Å². The fourth-order valence-electron chi connectivity index (χ4n) is 3.01. The van der Waals surface area contributed by atoms with Crippen LogP contribution in [-0.4, -0.2) is 33.6 Å². The average Bonchev–Trinajstić information content (AvgIpc) is 2.80. The maximum absolute atomic E-state index is 13.8. The highest BCUT2D eigenvalue weighted by molar-refractivity contribution is 7.82. The largest absolute Gasteiger partial charge is 0.356 e. The molecule has 2 atom stereocenters. The molecular formula is C24H25FN4O2S2. The van der Waals surface area contributed by atoms with Crippen molar-refractivity contribution in [3.05, 3.63) is 89.7 Å². The fraction of sp³-hybridized carbons (Fsp3) is 0.167. The van der Waals surface area contributed by atoms with E-state index >= 15 is 0 Å². The topological polar surface area (TPSA) is 73.5 Å². The first-order valence-electron chi connectivity index (χ1n) is 10.2. The van der Waals surface area contributed by atoms with Crippen LogP contribution in [0, 0.1) is 5.82 Å². The Balaban J connectivity index is 1.54. The summed E-state index contributed by atoms with van der Waals surface area (Å²) in [6.45, 7) is 1.98. The molecule has 9 heteroatoms. The molecule has 0 saturated heterocycles. The second-order valence-corrected chi connectivity index (χ2v) is 9.57. The van der Waals surface area contributed by atoms with E-state index in [2.05, 4.69) is 16.0 Å². The minimum absolute atomic E-state index is 0.0138. The van der Waals surface area contributed by atoms with Crippen molar-refractivity contribution in [2.45, 2.75) is 17.9 Å². The average molecular weight is 485 g/mol. The van der Waals surface area contributed by atoms with Gasteiger partial charge in [-0.1, -0.05) is 24.3 Å². The van der Waals surface area contributed by atoms with Crippen LogP contribution >= 0.6 is 12.2 Å². The summed E-state index contributed by atoms with van der Waals surface area (Å²) < 4.78 is 27.5. The van der Waals surface area contributed by atoms with Gasteiger partial charge >= 0.3 is 0 Å². The summed E-state index contributed by atoms with van der Waals surface area (Å²) in [4.78, 5) is 13.0. The molecule has 0 aromatic heterocycles. The number of hydrogen-bond donors (Lipinski definition) is 3. The van der Waals surface area contributed by atoms with Gasteiger partial charge in [-0.3, -0.25) is 4.79 Å². The monoisotopic (exact) mass is 484 g/mol. The zero-order valence-electron chi connectivity index (χ0n) is 18.5. The van der Waals surface area contributed by atoms with Gasteiger partial charge in [0.2, 0.25) is 0 Å². The number of rotatable bonds is 7. The molecule has 3 N–H and O–H groups in total. The molecule has 0 aliphatic heterocycles. The van der Waals surface area contributed by atoms with E-state index in [9.17, 15) is 13.4 Å². The van der Waals surface area contributed by atoms with Crippen LogP contribution in [0.3, 0.4) is 0 Å². The highest BCUT2D eigenvalue weighted by Gasteiger charge is 2.12. The highest BCUT2D eigenvalue weighted by Crippen LogP contribution is 2.18. The van der Waals surface area contributed by atoms with Gasteiger partial charge in [0, 0.05) is 11.4 Å². The minimum Gasteiger partial charge on any atom is -0.356 e. The van der Waals surface area contributed by atoms with E-state index in [4.69, 9.17) is 12.2 Å². The second-order valence-electron chi connectivity index (χ2n) is 7.46. The van der Waals surface area contributed by atoms with Crippen molar-refractivity contribution in [1.82, 2.24) is 9.62 Å². The highest BCUT2D eigenvalue weighted by atomic mass is 32.2. The summed E-state index contributed by atoms with van der Waals surface area (Å²) >= 11 is 5.41. The molecule has 2 unspecified atom stereocenters. The number of nitrogens with one attached hydrogen (secondary N) is 3. The Morgan fingerprint density at radius 1 is 0.939 bits per heavy atom. The van der Waals surface area contributed by atoms with E-state index in [0.717, 1.165) is 16.1 Å². The zero-order chi connectivity index (χ0) is 24.0. The van der Waals surface area contributed by atoms with Crippen LogP contribution < -0.4 is 16.0 Å². The number of thiocarbonyl (C=S) groups is 1. The molecule has 3 aromatic carbocycles. The number of amides is 1. The van der Waals surface area contributed by atoms with Gasteiger partial charge in [-0.2, -0.15) is 0 Å². The molecule has 0 heterocycles. The van der Waals surface area contributed by atoms with E-state index in [0.29, 0.717) is 10.8 Å².